The van der Waals surface area contributed by atoms with Crippen molar-refractivity contribution in [3.8, 4) is 5.75 Å². The number of amides is 1. The van der Waals surface area contributed by atoms with Crippen LogP contribution in [-0.2, 0) is 4.79 Å². The van der Waals surface area contributed by atoms with Gasteiger partial charge in [0.1, 0.15) is 23.7 Å². The number of hydrogen-bond donors (Lipinski definition) is 1. The van der Waals surface area contributed by atoms with Crippen LogP contribution in [0.3, 0.4) is 0 Å². The van der Waals surface area contributed by atoms with Gasteiger partial charge in [0.2, 0.25) is 0 Å². The number of ether oxygens (including phenoxy) is 1. The number of anilines is 3. The van der Waals surface area contributed by atoms with E-state index in [9.17, 15) is 4.79 Å². The zero-order valence-electron chi connectivity index (χ0n) is 18.2. The highest BCUT2D eigenvalue weighted by molar-refractivity contribution is 5.91. The molecule has 33 heavy (non-hydrogen) atoms. The summed E-state index contributed by atoms with van der Waals surface area (Å²) in [5.41, 5.74) is 1.24. The van der Waals surface area contributed by atoms with E-state index >= 15 is 0 Å². The van der Waals surface area contributed by atoms with E-state index in [1.165, 1.54) is 12.0 Å². The predicted molar refractivity (Wildman–Crippen MR) is 131 cm³/mol. The average Bonchev–Trinajstić information content (AvgIpc) is 2.88. The second kappa shape index (κ2) is 9.56. The van der Waals surface area contributed by atoms with Crippen molar-refractivity contribution in [1.82, 2.24) is 9.97 Å². The monoisotopic (exact) mass is 439 g/mol. The predicted octanol–water partition coefficient (Wildman–Crippen LogP) is 3.97. The van der Waals surface area contributed by atoms with Gasteiger partial charge in [0, 0.05) is 37.9 Å². The Hall–Kier alpha value is -4.13. The minimum Gasteiger partial charge on any atom is -0.484 e. The Labute approximate surface area is 192 Å². The Kier molecular flexibility index (Phi) is 6.01. The fourth-order valence-electron chi connectivity index (χ4n) is 4.01. The van der Waals surface area contributed by atoms with E-state index in [2.05, 4.69) is 49.4 Å². The molecule has 2 heterocycles. The summed E-state index contributed by atoms with van der Waals surface area (Å²) in [5, 5.41) is 5.02. The first-order valence-electron chi connectivity index (χ1n) is 11.0. The van der Waals surface area contributed by atoms with Gasteiger partial charge in [0.15, 0.2) is 6.61 Å². The molecule has 7 heteroatoms. The van der Waals surface area contributed by atoms with E-state index in [1.54, 1.807) is 0 Å². The molecule has 7 nitrogen and oxygen atoms in total. The lowest BCUT2D eigenvalue weighted by Crippen LogP contribution is -2.46. The Balaban J connectivity index is 1.16. The third-order valence-electron chi connectivity index (χ3n) is 5.74. The molecule has 166 valence electrons. The lowest BCUT2D eigenvalue weighted by atomic mass is 10.1. The highest BCUT2D eigenvalue weighted by Crippen LogP contribution is 2.22. The lowest BCUT2D eigenvalue weighted by molar-refractivity contribution is -0.118. The Morgan fingerprint density at radius 1 is 0.818 bits per heavy atom. The quantitative estimate of drug-likeness (QED) is 0.490. The minimum atomic E-state index is -0.262. The third-order valence-corrected chi connectivity index (χ3v) is 5.74. The molecular formula is C26H25N5O2. The second-order valence-corrected chi connectivity index (χ2v) is 7.92. The molecule has 0 radical (unpaired) electrons. The number of benzene rings is 3. The van der Waals surface area contributed by atoms with E-state index < -0.39 is 0 Å². The molecule has 1 aliphatic heterocycles. The van der Waals surface area contributed by atoms with Crippen LogP contribution in [0.5, 0.6) is 5.75 Å². The summed E-state index contributed by atoms with van der Waals surface area (Å²) < 4.78 is 5.68. The van der Waals surface area contributed by atoms with Crippen molar-refractivity contribution in [2.45, 2.75) is 0 Å². The van der Waals surface area contributed by atoms with Crippen LogP contribution in [-0.4, -0.2) is 48.7 Å². The lowest BCUT2D eigenvalue weighted by Gasteiger charge is -2.36. The van der Waals surface area contributed by atoms with E-state index in [0.717, 1.165) is 42.8 Å². The van der Waals surface area contributed by atoms with Crippen LogP contribution < -0.4 is 19.9 Å². The second-order valence-electron chi connectivity index (χ2n) is 7.92. The van der Waals surface area contributed by atoms with Crippen LogP contribution in [0.4, 0.5) is 17.3 Å². The summed E-state index contributed by atoms with van der Waals surface area (Å²) in [6, 6.07) is 26.0. The largest absolute Gasteiger partial charge is 0.484 e. The molecule has 0 spiro atoms. The Morgan fingerprint density at radius 3 is 2.36 bits per heavy atom. The summed E-state index contributed by atoms with van der Waals surface area (Å²) in [7, 11) is 0. The smallest absolute Gasteiger partial charge is 0.263 e. The maximum atomic E-state index is 12.4. The molecule has 4 aromatic rings. The van der Waals surface area contributed by atoms with Crippen LogP contribution in [0.25, 0.3) is 10.8 Å². The van der Waals surface area contributed by atoms with Crippen molar-refractivity contribution >= 4 is 34.0 Å². The minimum absolute atomic E-state index is 0.0899. The molecule has 0 saturated carbocycles. The van der Waals surface area contributed by atoms with Gasteiger partial charge < -0.3 is 19.9 Å². The van der Waals surface area contributed by atoms with E-state index in [0.29, 0.717) is 11.6 Å². The highest BCUT2D eigenvalue weighted by atomic mass is 16.5. The van der Waals surface area contributed by atoms with Crippen molar-refractivity contribution in [1.29, 1.82) is 0 Å². The van der Waals surface area contributed by atoms with Crippen molar-refractivity contribution in [3.05, 3.63) is 85.2 Å². The van der Waals surface area contributed by atoms with Gasteiger partial charge in [-0.25, -0.2) is 9.97 Å². The van der Waals surface area contributed by atoms with Gasteiger partial charge in [-0.1, -0.05) is 48.5 Å². The maximum Gasteiger partial charge on any atom is 0.263 e. The summed E-state index contributed by atoms with van der Waals surface area (Å²) in [5.74, 6) is 1.67. The molecule has 1 N–H and O–H groups in total. The van der Waals surface area contributed by atoms with E-state index in [-0.39, 0.29) is 12.5 Å². The standard InChI is InChI=1S/C26H25N5O2/c32-26(18-33-23-11-10-20-6-4-5-7-21(20)16-23)29-24-17-25(28-19-27-24)31-14-12-30(13-15-31)22-8-2-1-3-9-22/h1-11,16-17,19H,12-15,18H2,(H,27,28,29,32). The van der Waals surface area contributed by atoms with Gasteiger partial charge in [0.25, 0.3) is 5.91 Å². The number of para-hydroxylation sites is 1. The molecule has 1 saturated heterocycles. The van der Waals surface area contributed by atoms with Crippen molar-refractivity contribution in [2.24, 2.45) is 0 Å². The number of hydrogen-bond acceptors (Lipinski definition) is 6. The Morgan fingerprint density at radius 2 is 1.55 bits per heavy atom. The highest BCUT2D eigenvalue weighted by Gasteiger charge is 2.19. The first-order chi connectivity index (χ1) is 16.2. The van der Waals surface area contributed by atoms with Crippen molar-refractivity contribution < 1.29 is 9.53 Å². The maximum absolute atomic E-state index is 12.4. The van der Waals surface area contributed by atoms with Gasteiger partial charge in [-0.3, -0.25) is 4.79 Å². The number of aromatic nitrogens is 2. The topological polar surface area (TPSA) is 70.6 Å². The van der Waals surface area contributed by atoms with Gasteiger partial charge in [0.05, 0.1) is 0 Å². The molecule has 3 aromatic carbocycles. The number of carbonyl (C=O) groups excluding carboxylic acids is 1. The van der Waals surface area contributed by atoms with E-state index in [4.69, 9.17) is 4.74 Å². The fraction of sp³-hybridized carbons (Fsp3) is 0.192. The van der Waals surface area contributed by atoms with Crippen LogP contribution in [0, 0.1) is 0 Å². The van der Waals surface area contributed by atoms with Crippen LogP contribution in [0.1, 0.15) is 0 Å². The normalized spacial score (nSPS) is 13.7. The molecule has 0 unspecified atom stereocenters. The molecule has 1 aliphatic rings. The van der Waals surface area contributed by atoms with Gasteiger partial charge in [-0.05, 0) is 35.0 Å². The number of rotatable bonds is 6. The van der Waals surface area contributed by atoms with Crippen molar-refractivity contribution in [2.75, 3.05) is 47.9 Å². The SMILES string of the molecule is O=C(COc1ccc2ccccc2c1)Nc1cc(N2CCN(c3ccccc3)CC2)ncn1. The zero-order chi connectivity index (χ0) is 22.5. The van der Waals surface area contributed by atoms with Crippen LogP contribution in [0.15, 0.2) is 85.2 Å². The Bertz CT molecular complexity index is 1240. The number of nitrogens with one attached hydrogen (secondary N) is 1. The van der Waals surface area contributed by atoms with Crippen LogP contribution >= 0.6 is 0 Å². The van der Waals surface area contributed by atoms with Crippen molar-refractivity contribution in [3.63, 3.8) is 0 Å². The van der Waals surface area contributed by atoms with Gasteiger partial charge in [-0.15, -0.1) is 0 Å². The molecule has 0 bridgehead atoms. The summed E-state index contributed by atoms with van der Waals surface area (Å²) in [6.07, 6.45) is 1.48. The number of carbonyl (C=O) groups is 1. The summed E-state index contributed by atoms with van der Waals surface area (Å²) in [4.78, 5) is 25.6. The van der Waals surface area contributed by atoms with E-state index in [1.807, 2.05) is 54.6 Å². The van der Waals surface area contributed by atoms with Gasteiger partial charge in [-0.2, -0.15) is 0 Å². The third kappa shape index (κ3) is 5.03. The number of fused-ring (bicyclic) bond motifs is 1. The molecule has 1 aromatic heterocycles. The summed E-state index contributed by atoms with van der Waals surface area (Å²) in [6.45, 7) is 3.44. The zero-order valence-corrected chi connectivity index (χ0v) is 18.2. The summed E-state index contributed by atoms with van der Waals surface area (Å²) >= 11 is 0. The molecule has 5 rings (SSSR count). The fourth-order valence-corrected chi connectivity index (χ4v) is 4.01. The first-order valence-corrected chi connectivity index (χ1v) is 11.0. The average molecular weight is 440 g/mol. The molecule has 0 aliphatic carbocycles. The van der Waals surface area contributed by atoms with Crippen LogP contribution in [0.2, 0.25) is 0 Å². The number of nitrogens with zero attached hydrogens (tertiary/aromatic N) is 4. The molecule has 1 fully saturated rings. The van der Waals surface area contributed by atoms with Gasteiger partial charge >= 0.3 is 0 Å². The first kappa shape index (κ1) is 20.8. The molecule has 0 atom stereocenters. The molecular weight excluding hydrogens is 414 g/mol. The molecule has 1 amide bonds. The number of piperazine rings is 1.